The molecule has 0 spiro atoms. The molecule has 0 aliphatic heterocycles. The molecule has 2 unspecified atom stereocenters. The molecule has 0 amide bonds. The van der Waals surface area contributed by atoms with E-state index in [2.05, 4.69) is 25.8 Å². The molecule has 0 heterocycles. The molecule has 0 aromatic carbocycles. The lowest BCUT2D eigenvalue weighted by Gasteiger charge is -2.19. The quantitative estimate of drug-likeness (QED) is 0.614. The van der Waals surface area contributed by atoms with Gasteiger partial charge in [0.05, 0.1) is 6.61 Å². The molecule has 0 N–H and O–H groups in total. The van der Waals surface area contributed by atoms with Gasteiger partial charge in [0.1, 0.15) is 0 Å². The molecule has 12 heavy (non-hydrogen) atoms. The maximum atomic E-state index is 12.2. The van der Waals surface area contributed by atoms with Crippen molar-refractivity contribution in [3.8, 4) is 0 Å². The highest BCUT2D eigenvalue weighted by molar-refractivity contribution is 4.56. The van der Waals surface area contributed by atoms with E-state index in [9.17, 15) is 4.39 Å². The molecule has 0 saturated heterocycles. The summed E-state index contributed by atoms with van der Waals surface area (Å²) in [5.74, 6) is 0.396. The van der Waals surface area contributed by atoms with Crippen LogP contribution in [0.1, 0.15) is 20.8 Å². The van der Waals surface area contributed by atoms with Crippen molar-refractivity contribution in [1.29, 1.82) is 0 Å². The van der Waals surface area contributed by atoms with Crippen LogP contribution in [0.25, 0.3) is 0 Å². The number of nitrogens with zero attached hydrogens (tertiary/aromatic N) is 1. The van der Waals surface area contributed by atoms with E-state index in [0.29, 0.717) is 12.5 Å². The van der Waals surface area contributed by atoms with Gasteiger partial charge in [0.15, 0.2) is 6.36 Å². The van der Waals surface area contributed by atoms with Gasteiger partial charge in [0, 0.05) is 6.54 Å². The highest BCUT2D eigenvalue weighted by Crippen LogP contribution is 2.01. The first-order valence-electron chi connectivity index (χ1n) is 4.50. The van der Waals surface area contributed by atoms with Crippen LogP contribution in [0.15, 0.2) is 0 Å². The fourth-order valence-electron chi connectivity index (χ4n) is 1.01. The summed E-state index contributed by atoms with van der Waals surface area (Å²) in [6.07, 6.45) is -1.14. The first kappa shape index (κ1) is 11.8. The van der Waals surface area contributed by atoms with Crippen LogP contribution >= 0.6 is 0 Å². The van der Waals surface area contributed by atoms with Crippen LogP contribution in [0, 0.1) is 5.92 Å². The first-order chi connectivity index (χ1) is 5.56. The molecular formula is C9H20FNO. The highest BCUT2D eigenvalue weighted by Gasteiger charge is 2.06. The fourth-order valence-corrected chi connectivity index (χ4v) is 1.01. The van der Waals surface area contributed by atoms with Crippen LogP contribution in [0.2, 0.25) is 0 Å². The van der Waals surface area contributed by atoms with Crippen molar-refractivity contribution < 1.29 is 9.13 Å². The van der Waals surface area contributed by atoms with Gasteiger partial charge in [-0.3, -0.25) is 0 Å². The number of ether oxygens (including phenoxy) is 1. The lowest BCUT2D eigenvalue weighted by atomic mass is 10.2. The highest BCUT2D eigenvalue weighted by atomic mass is 19.1. The van der Waals surface area contributed by atoms with E-state index in [1.54, 1.807) is 0 Å². The Labute approximate surface area is 74.7 Å². The van der Waals surface area contributed by atoms with E-state index in [-0.39, 0.29) is 0 Å². The van der Waals surface area contributed by atoms with Gasteiger partial charge < -0.3 is 9.64 Å². The summed E-state index contributed by atoms with van der Waals surface area (Å²) in [6, 6.07) is 0. The average molecular weight is 177 g/mol. The minimum Gasteiger partial charge on any atom is -0.348 e. The lowest BCUT2D eigenvalue weighted by Crippen LogP contribution is -2.27. The average Bonchev–Trinajstić information content (AvgIpc) is 2.00. The predicted molar refractivity (Wildman–Crippen MR) is 48.9 cm³/mol. The van der Waals surface area contributed by atoms with Crippen molar-refractivity contribution in [1.82, 2.24) is 4.90 Å². The Balaban J connectivity index is 3.39. The summed E-state index contributed by atoms with van der Waals surface area (Å²) in [4.78, 5) is 2.19. The molecule has 0 aliphatic carbocycles. The number of hydrogen-bond acceptors (Lipinski definition) is 2. The molecular weight excluding hydrogens is 157 g/mol. The third kappa shape index (κ3) is 6.55. The predicted octanol–water partition coefficient (Wildman–Crippen LogP) is 1.91. The summed E-state index contributed by atoms with van der Waals surface area (Å²) in [7, 11) is 2.05. The van der Waals surface area contributed by atoms with Crippen LogP contribution in [0.4, 0.5) is 4.39 Å². The van der Waals surface area contributed by atoms with Crippen molar-refractivity contribution >= 4 is 0 Å². The van der Waals surface area contributed by atoms with Crippen LogP contribution in [0.3, 0.4) is 0 Å². The third-order valence-electron chi connectivity index (χ3n) is 1.77. The molecule has 74 valence electrons. The molecule has 0 aromatic heterocycles. The van der Waals surface area contributed by atoms with Crippen molar-refractivity contribution in [2.75, 3.05) is 26.7 Å². The molecule has 0 rings (SSSR count). The topological polar surface area (TPSA) is 12.5 Å². The maximum absolute atomic E-state index is 12.2. The van der Waals surface area contributed by atoms with E-state index < -0.39 is 6.36 Å². The van der Waals surface area contributed by atoms with Crippen molar-refractivity contribution in [3.05, 3.63) is 0 Å². The minimum atomic E-state index is -1.14. The second-order valence-corrected chi connectivity index (χ2v) is 3.34. The maximum Gasteiger partial charge on any atom is 0.195 e. The van der Waals surface area contributed by atoms with Gasteiger partial charge in [-0.15, -0.1) is 0 Å². The zero-order chi connectivity index (χ0) is 9.56. The molecule has 0 aliphatic rings. The zero-order valence-corrected chi connectivity index (χ0v) is 8.51. The van der Waals surface area contributed by atoms with Crippen LogP contribution < -0.4 is 0 Å². The smallest absolute Gasteiger partial charge is 0.195 e. The molecule has 3 heteroatoms. The number of hydrogen-bond donors (Lipinski definition) is 0. The van der Waals surface area contributed by atoms with Gasteiger partial charge >= 0.3 is 0 Å². The first-order valence-corrected chi connectivity index (χ1v) is 4.50. The van der Waals surface area contributed by atoms with Gasteiger partial charge in [-0.05, 0) is 26.4 Å². The van der Waals surface area contributed by atoms with Gasteiger partial charge in [0.2, 0.25) is 0 Å². The number of alkyl halides is 1. The molecule has 0 saturated carbocycles. The Morgan fingerprint density at radius 2 is 2.00 bits per heavy atom. The second-order valence-electron chi connectivity index (χ2n) is 3.34. The van der Waals surface area contributed by atoms with Gasteiger partial charge in [-0.1, -0.05) is 13.8 Å². The molecule has 0 radical (unpaired) electrons. The van der Waals surface area contributed by atoms with Gasteiger partial charge in [-0.2, -0.15) is 0 Å². The van der Waals surface area contributed by atoms with E-state index in [0.717, 1.165) is 13.1 Å². The van der Waals surface area contributed by atoms with Crippen LogP contribution in [-0.4, -0.2) is 38.0 Å². The van der Waals surface area contributed by atoms with E-state index in [1.165, 1.54) is 6.92 Å². The lowest BCUT2D eigenvalue weighted by molar-refractivity contribution is -0.0409. The normalized spacial score (nSPS) is 16.5. The summed E-state index contributed by atoms with van der Waals surface area (Å²) in [5.41, 5.74) is 0. The summed E-state index contributed by atoms with van der Waals surface area (Å²) < 4.78 is 17.1. The van der Waals surface area contributed by atoms with Crippen LogP contribution in [0.5, 0.6) is 0 Å². The molecule has 2 atom stereocenters. The largest absolute Gasteiger partial charge is 0.348 e. The SMILES string of the molecule is CCN(C)CC(C)COC(C)F. The summed E-state index contributed by atoms with van der Waals surface area (Å²) in [6.45, 7) is 8.07. The molecule has 2 nitrogen and oxygen atoms in total. The molecule has 0 aromatic rings. The molecule has 0 fully saturated rings. The minimum absolute atomic E-state index is 0.396. The van der Waals surface area contributed by atoms with Crippen molar-refractivity contribution in [3.63, 3.8) is 0 Å². The van der Waals surface area contributed by atoms with E-state index in [4.69, 9.17) is 4.74 Å². The van der Waals surface area contributed by atoms with Gasteiger partial charge in [0.25, 0.3) is 0 Å². The van der Waals surface area contributed by atoms with E-state index in [1.807, 2.05) is 0 Å². The van der Waals surface area contributed by atoms with Crippen LogP contribution in [-0.2, 0) is 4.74 Å². The summed E-state index contributed by atoms with van der Waals surface area (Å²) in [5, 5.41) is 0. The standard InChI is InChI=1S/C9H20FNO/c1-5-11(4)6-8(2)7-12-9(3)10/h8-9H,5-7H2,1-4H3. The Bertz CT molecular complexity index is 109. The Kier molecular flexibility index (Phi) is 6.30. The Hall–Kier alpha value is -0.150. The molecule has 0 bridgehead atoms. The monoisotopic (exact) mass is 177 g/mol. The second kappa shape index (κ2) is 6.38. The fraction of sp³-hybridized carbons (Fsp3) is 1.00. The zero-order valence-electron chi connectivity index (χ0n) is 8.51. The van der Waals surface area contributed by atoms with E-state index >= 15 is 0 Å². The Morgan fingerprint density at radius 3 is 2.42 bits per heavy atom. The Morgan fingerprint density at radius 1 is 1.42 bits per heavy atom. The number of rotatable bonds is 6. The van der Waals surface area contributed by atoms with Crippen molar-refractivity contribution in [2.24, 2.45) is 5.92 Å². The van der Waals surface area contributed by atoms with Crippen molar-refractivity contribution in [2.45, 2.75) is 27.1 Å². The number of halogens is 1. The van der Waals surface area contributed by atoms with Gasteiger partial charge in [-0.25, -0.2) is 4.39 Å². The summed E-state index contributed by atoms with van der Waals surface area (Å²) >= 11 is 0. The third-order valence-corrected chi connectivity index (χ3v) is 1.77.